The average molecular weight is 270 g/mol. The third-order valence-corrected chi connectivity index (χ3v) is 3.16. The van der Waals surface area contributed by atoms with Crippen molar-refractivity contribution in [2.45, 2.75) is 18.8 Å². The van der Waals surface area contributed by atoms with Gasteiger partial charge in [0.25, 0.3) is 11.8 Å². The van der Waals surface area contributed by atoms with Gasteiger partial charge in [0.1, 0.15) is 5.75 Å². The van der Waals surface area contributed by atoms with Crippen LogP contribution in [0.3, 0.4) is 0 Å². The SMILES string of the molecule is COc1cc(C(=O)N2CCCC(F)(F)C2)ccc1N. The van der Waals surface area contributed by atoms with Gasteiger partial charge in [-0.1, -0.05) is 0 Å². The van der Waals surface area contributed by atoms with E-state index in [1.807, 2.05) is 0 Å². The lowest BCUT2D eigenvalue weighted by atomic mass is 10.1. The third-order valence-electron chi connectivity index (χ3n) is 3.16. The zero-order valence-electron chi connectivity index (χ0n) is 10.7. The Morgan fingerprint density at radius 1 is 1.47 bits per heavy atom. The largest absolute Gasteiger partial charge is 0.495 e. The smallest absolute Gasteiger partial charge is 0.265 e. The molecule has 0 saturated carbocycles. The van der Waals surface area contributed by atoms with E-state index in [2.05, 4.69) is 0 Å². The molecule has 0 unspecified atom stereocenters. The minimum absolute atomic E-state index is 0.165. The summed E-state index contributed by atoms with van der Waals surface area (Å²) in [5.41, 5.74) is 6.37. The van der Waals surface area contributed by atoms with E-state index >= 15 is 0 Å². The summed E-state index contributed by atoms with van der Waals surface area (Å²) in [4.78, 5) is 13.3. The summed E-state index contributed by atoms with van der Waals surface area (Å²) < 4.78 is 31.6. The Hall–Kier alpha value is -1.85. The number of hydrogen-bond acceptors (Lipinski definition) is 3. The van der Waals surface area contributed by atoms with E-state index in [-0.39, 0.29) is 6.42 Å². The summed E-state index contributed by atoms with van der Waals surface area (Å²) in [5.74, 6) is -2.85. The van der Waals surface area contributed by atoms with Crippen LogP contribution in [0.2, 0.25) is 0 Å². The molecule has 0 radical (unpaired) electrons. The average Bonchev–Trinajstić information content (AvgIpc) is 2.37. The number of hydrogen-bond donors (Lipinski definition) is 1. The van der Waals surface area contributed by atoms with Crippen LogP contribution < -0.4 is 10.5 Å². The Bertz CT molecular complexity index is 492. The molecule has 1 aliphatic rings. The summed E-state index contributed by atoms with van der Waals surface area (Å²) in [5, 5.41) is 0. The van der Waals surface area contributed by atoms with Gasteiger partial charge in [-0.3, -0.25) is 4.79 Å². The summed E-state index contributed by atoms with van der Waals surface area (Å²) in [7, 11) is 1.44. The monoisotopic (exact) mass is 270 g/mol. The van der Waals surface area contributed by atoms with Crippen LogP contribution in [0, 0.1) is 0 Å². The number of nitrogens with zero attached hydrogens (tertiary/aromatic N) is 1. The summed E-state index contributed by atoms with van der Waals surface area (Å²) in [6, 6.07) is 4.53. The van der Waals surface area contributed by atoms with Gasteiger partial charge in [-0.25, -0.2) is 8.78 Å². The van der Waals surface area contributed by atoms with Crippen molar-refractivity contribution in [3.05, 3.63) is 23.8 Å². The Kier molecular flexibility index (Phi) is 3.59. The first-order chi connectivity index (χ1) is 8.93. The molecule has 0 aromatic heterocycles. The number of anilines is 1. The topological polar surface area (TPSA) is 55.6 Å². The molecule has 1 heterocycles. The zero-order valence-corrected chi connectivity index (χ0v) is 10.7. The van der Waals surface area contributed by atoms with E-state index in [0.29, 0.717) is 30.0 Å². The molecule has 19 heavy (non-hydrogen) atoms. The van der Waals surface area contributed by atoms with Crippen LogP contribution in [0.5, 0.6) is 5.75 Å². The Balaban J connectivity index is 2.19. The highest BCUT2D eigenvalue weighted by atomic mass is 19.3. The van der Waals surface area contributed by atoms with Crippen molar-refractivity contribution in [1.29, 1.82) is 0 Å². The van der Waals surface area contributed by atoms with Crippen LogP contribution in [-0.2, 0) is 0 Å². The van der Waals surface area contributed by atoms with Gasteiger partial charge in [-0.15, -0.1) is 0 Å². The van der Waals surface area contributed by atoms with Gasteiger partial charge in [-0.2, -0.15) is 0 Å². The predicted octanol–water partition coefficient (Wildman–Crippen LogP) is 2.15. The molecule has 0 aliphatic carbocycles. The molecule has 1 aliphatic heterocycles. The van der Waals surface area contributed by atoms with Crippen molar-refractivity contribution >= 4 is 11.6 Å². The zero-order chi connectivity index (χ0) is 14.0. The number of carbonyl (C=O) groups is 1. The number of rotatable bonds is 2. The van der Waals surface area contributed by atoms with Crippen LogP contribution in [-0.4, -0.2) is 36.9 Å². The first kappa shape index (κ1) is 13.6. The standard InChI is InChI=1S/C13H16F2N2O2/c1-19-11-7-9(3-4-10(11)16)12(18)17-6-2-5-13(14,15)8-17/h3-4,7H,2,5-6,8,16H2,1H3. The number of methoxy groups -OCH3 is 1. The molecule has 4 nitrogen and oxygen atoms in total. The number of nitrogens with two attached hydrogens (primary N) is 1. The van der Waals surface area contributed by atoms with Gasteiger partial charge in [0, 0.05) is 18.5 Å². The van der Waals surface area contributed by atoms with Crippen molar-refractivity contribution in [2.24, 2.45) is 0 Å². The number of carbonyl (C=O) groups excluding carboxylic acids is 1. The number of benzene rings is 1. The number of piperidine rings is 1. The second kappa shape index (κ2) is 5.03. The fourth-order valence-corrected chi connectivity index (χ4v) is 2.17. The maximum Gasteiger partial charge on any atom is 0.265 e. The summed E-state index contributed by atoms with van der Waals surface area (Å²) in [6.07, 6.45) is 0.146. The molecule has 1 aromatic carbocycles. The fraction of sp³-hybridized carbons (Fsp3) is 0.462. The molecule has 6 heteroatoms. The van der Waals surface area contributed by atoms with Crippen molar-refractivity contribution in [2.75, 3.05) is 25.9 Å². The van der Waals surface area contributed by atoms with Crippen molar-refractivity contribution in [3.63, 3.8) is 0 Å². The normalized spacial score (nSPS) is 18.2. The number of likely N-dealkylation sites (tertiary alicyclic amines) is 1. The number of nitrogen functional groups attached to an aromatic ring is 1. The predicted molar refractivity (Wildman–Crippen MR) is 67.5 cm³/mol. The van der Waals surface area contributed by atoms with E-state index in [1.54, 1.807) is 0 Å². The van der Waals surface area contributed by atoms with Gasteiger partial charge in [-0.05, 0) is 24.6 Å². The second-order valence-corrected chi connectivity index (χ2v) is 4.64. The van der Waals surface area contributed by atoms with E-state index in [1.165, 1.54) is 30.2 Å². The molecule has 1 amide bonds. The highest BCUT2D eigenvalue weighted by molar-refractivity contribution is 5.95. The Morgan fingerprint density at radius 2 is 2.21 bits per heavy atom. The second-order valence-electron chi connectivity index (χ2n) is 4.64. The molecule has 1 fully saturated rings. The van der Waals surface area contributed by atoms with Gasteiger partial charge >= 0.3 is 0 Å². The Morgan fingerprint density at radius 3 is 2.84 bits per heavy atom. The van der Waals surface area contributed by atoms with Crippen LogP contribution in [0.25, 0.3) is 0 Å². The maximum atomic E-state index is 13.3. The molecule has 1 saturated heterocycles. The molecule has 0 spiro atoms. The van der Waals surface area contributed by atoms with Crippen LogP contribution >= 0.6 is 0 Å². The van der Waals surface area contributed by atoms with E-state index in [0.717, 1.165) is 0 Å². The van der Waals surface area contributed by atoms with E-state index in [9.17, 15) is 13.6 Å². The molecule has 0 atom stereocenters. The lowest BCUT2D eigenvalue weighted by Gasteiger charge is -2.32. The Labute approximate surface area is 110 Å². The van der Waals surface area contributed by atoms with Crippen molar-refractivity contribution in [3.8, 4) is 5.75 Å². The maximum absolute atomic E-state index is 13.3. The number of alkyl halides is 2. The first-order valence-electron chi connectivity index (χ1n) is 6.03. The molecular weight excluding hydrogens is 254 g/mol. The molecule has 2 N–H and O–H groups in total. The summed E-state index contributed by atoms with van der Waals surface area (Å²) in [6.45, 7) is -0.181. The van der Waals surface area contributed by atoms with Crippen LogP contribution in [0.1, 0.15) is 23.2 Å². The minimum atomic E-state index is -2.80. The molecule has 2 rings (SSSR count). The van der Waals surface area contributed by atoms with Gasteiger partial charge in [0.05, 0.1) is 19.3 Å². The van der Waals surface area contributed by atoms with Crippen molar-refractivity contribution < 1.29 is 18.3 Å². The first-order valence-corrected chi connectivity index (χ1v) is 6.03. The highest BCUT2D eigenvalue weighted by Crippen LogP contribution is 2.28. The summed E-state index contributed by atoms with van der Waals surface area (Å²) >= 11 is 0. The van der Waals surface area contributed by atoms with Gasteiger partial charge in [0.15, 0.2) is 0 Å². The molecular formula is C13H16F2N2O2. The minimum Gasteiger partial charge on any atom is -0.495 e. The number of halogens is 2. The van der Waals surface area contributed by atoms with Crippen LogP contribution in [0.4, 0.5) is 14.5 Å². The van der Waals surface area contributed by atoms with E-state index < -0.39 is 18.4 Å². The molecule has 104 valence electrons. The van der Waals surface area contributed by atoms with Crippen LogP contribution in [0.15, 0.2) is 18.2 Å². The molecule has 1 aromatic rings. The van der Waals surface area contributed by atoms with E-state index in [4.69, 9.17) is 10.5 Å². The lowest BCUT2D eigenvalue weighted by molar-refractivity contribution is -0.0560. The highest BCUT2D eigenvalue weighted by Gasteiger charge is 2.37. The van der Waals surface area contributed by atoms with Gasteiger partial charge in [0.2, 0.25) is 0 Å². The molecule has 0 bridgehead atoms. The number of amides is 1. The fourth-order valence-electron chi connectivity index (χ4n) is 2.17. The van der Waals surface area contributed by atoms with Crippen molar-refractivity contribution in [1.82, 2.24) is 4.90 Å². The third kappa shape index (κ3) is 2.94. The van der Waals surface area contributed by atoms with Gasteiger partial charge < -0.3 is 15.4 Å². The number of ether oxygens (including phenoxy) is 1. The quantitative estimate of drug-likeness (QED) is 0.838. The lowest BCUT2D eigenvalue weighted by Crippen LogP contribution is -2.45.